The first-order chi connectivity index (χ1) is 36.7. The molecule has 0 radical (unpaired) electrons. The maximum atomic E-state index is 14.7. The van der Waals surface area contributed by atoms with E-state index in [1.165, 1.54) is 6.92 Å². The summed E-state index contributed by atoms with van der Waals surface area (Å²) in [7, 11) is 0. The quantitative estimate of drug-likeness (QED) is 0.0361. The number of carbonyl (C=O) groups is 8. The van der Waals surface area contributed by atoms with E-state index in [0.29, 0.717) is 29.0 Å². The molecule has 21 N–H and O–H groups in total. The Kier molecular flexibility index (Phi) is 25.5. The largest absolute Gasteiger partial charge is 0.401 e. The van der Waals surface area contributed by atoms with Gasteiger partial charge in [0.05, 0.1) is 6.04 Å². The van der Waals surface area contributed by atoms with Gasteiger partial charge in [0.2, 0.25) is 47.3 Å². The van der Waals surface area contributed by atoms with Crippen LogP contribution in [0.25, 0.3) is 10.9 Å². The molecule has 26 heteroatoms. The minimum atomic E-state index is -1.44. The summed E-state index contributed by atoms with van der Waals surface area (Å²) in [4.78, 5) is 116. The van der Waals surface area contributed by atoms with Crippen LogP contribution in [0, 0.1) is 10.8 Å². The van der Waals surface area contributed by atoms with Crippen molar-refractivity contribution in [2.24, 2.45) is 22.9 Å². The normalized spacial score (nSPS) is 20.9. The number of benzene rings is 2. The van der Waals surface area contributed by atoms with Crippen LogP contribution in [0.15, 0.2) is 67.0 Å². The molecular weight excluding hydrogens is 1010 g/mol. The molecule has 1 fully saturated rings. The number of rotatable bonds is 20. The molecule has 0 unspecified atom stereocenters. The second kappa shape index (κ2) is 31.8. The second-order valence-electron chi connectivity index (χ2n) is 18.9. The lowest BCUT2D eigenvalue weighted by Crippen LogP contribution is -2.60. The number of hydrogen-bond donors (Lipinski definition) is 17. The molecule has 1 aliphatic heterocycles. The van der Waals surface area contributed by atoms with E-state index in [1.54, 1.807) is 30.5 Å². The predicted octanol–water partition coefficient (Wildman–Crippen LogP) is -1.16. The van der Waals surface area contributed by atoms with Gasteiger partial charge in [0.15, 0.2) is 11.9 Å². The van der Waals surface area contributed by atoms with Crippen LogP contribution in [0.1, 0.15) is 88.7 Å². The Morgan fingerprint density at radius 2 is 1.36 bits per heavy atom. The van der Waals surface area contributed by atoms with Crippen LogP contribution in [-0.4, -0.2) is 133 Å². The lowest BCUT2D eigenvalue weighted by atomic mass is 10.0. The molecule has 25 nitrogen and oxygen atoms in total. The molecule has 0 saturated carbocycles. The number of carbonyl (C=O) groups excluding carboxylic acids is 8. The third kappa shape index (κ3) is 21.7. The lowest BCUT2D eigenvalue weighted by Gasteiger charge is -2.28. The number of hydrogen-bond acceptors (Lipinski definition) is 12. The number of amides is 8. The standard InChI is InChI=1S/C51H76ClN17O8/c1-29(54)35-16-8-22-59-43(71)20-19-40(67-44(72)37(63-30(2)70)17-9-23-60-50(55)56)47(75)65-38(15-5-6-21-53)45(73)68-41(26-31-11-7-12-33(52)25-31)48(76)66-39(18-10-24-61-51(57)58)46(74)69-42(49(77)64-35)27-32-28-62-36-14-4-3-13-34(32)36/h3-4,7,11-14,25,28,35,37-42,62H,1,5-6,8-10,15-24,26-27,53-54H2,2H3,(H,59,71)(H,63,70)(H,64,77)(H,65,75)(H,66,76)(H,67,72)(H,68,73)(H,69,74)(H4,55,56,60)(H4,57,58,61)/t35-,37-,38-,39-,40-,41+,42-/m0/s1. The maximum absolute atomic E-state index is 14.7. The highest BCUT2D eigenvalue weighted by Gasteiger charge is 2.34. The molecule has 1 saturated heterocycles. The number of aromatic amines is 1. The number of fused-ring (bicyclic) bond motifs is 1. The Bertz CT molecular complexity index is 2560. The molecular formula is C51H76ClN17O8. The van der Waals surface area contributed by atoms with E-state index in [-0.39, 0.29) is 114 Å². The highest BCUT2D eigenvalue weighted by molar-refractivity contribution is 6.30. The molecule has 4 rings (SSSR count). The molecule has 2 heterocycles. The fraction of sp³-hybridized carbons (Fsp3) is 0.490. The molecule has 1 aromatic heterocycles. The minimum absolute atomic E-state index is 0.00731. The van der Waals surface area contributed by atoms with Crippen molar-refractivity contribution in [2.45, 2.75) is 133 Å². The molecule has 0 bridgehead atoms. The summed E-state index contributed by atoms with van der Waals surface area (Å²) in [5, 5.41) is 43.6. The Labute approximate surface area is 452 Å². The van der Waals surface area contributed by atoms with Crippen molar-refractivity contribution in [3.05, 3.63) is 83.2 Å². The van der Waals surface area contributed by atoms with Crippen molar-refractivity contribution in [3.8, 4) is 0 Å². The van der Waals surface area contributed by atoms with E-state index in [9.17, 15) is 38.4 Å². The van der Waals surface area contributed by atoms with Gasteiger partial charge < -0.3 is 81.1 Å². The average Bonchev–Trinajstić information content (AvgIpc) is 3.79. The van der Waals surface area contributed by atoms with Gasteiger partial charge >= 0.3 is 0 Å². The summed E-state index contributed by atoms with van der Waals surface area (Å²) in [6.07, 6.45) is 2.80. The lowest BCUT2D eigenvalue weighted by molar-refractivity contribution is -0.135. The number of aromatic nitrogens is 1. The van der Waals surface area contributed by atoms with Crippen molar-refractivity contribution in [2.75, 3.05) is 26.2 Å². The summed E-state index contributed by atoms with van der Waals surface area (Å²) in [5.74, 6) is -6.29. The molecule has 7 atom stereocenters. The molecule has 2 aromatic carbocycles. The third-order valence-electron chi connectivity index (χ3n) is 12.6. The molecule has 420 valence electrons. The van der Waals surface area contributed by atoms with Gasteiger partial charge in [-0.2, -0.15) is 0 Å². The number of nitrogens with two attached hydrogens (primary N) is 4. The van der Waals surface area contributed by atoms with Gasteiger partial charge in [0.1, 0.15) is 36.3 Å². The second-order valence-corrected chi connectivity index (χ2v) is 19.3. The predicted molar refractivity (Wildman–Crippen MR) is 292 cm³/mol. The van der Waals surface area contributed by atoms with Crippen molar-refractivity contribution < 1.29 is 38.4 Å². The Balaban J connectivity index is 1.79. The first kappa shape index (κ1) is 61.6. The number of H-pyrrole nitrogens is 1. The monoisotopic (exact) mass is 1090 g/mol. The van der Waals surface area contributed by atoms with Crippen molar-refractivity contribution in [3.63, 3.8) is 0 Å². The van der Waals surface area contributed by atoms with E-state index in [2.05, 4.69) is 64.7 Å². The molecule has 8 amide bonds. The first-order valence-electron chi connectivity index (χ1n) is 25.7. The van der Waals surface area contributed by atoms with E-state index in [4.69, 9.17) is 45.4 Å². The van der Waals surface area contributed by atoms with Crippen molar-refractivity contribution in [1.29, 1.82) is 10.8 Å². The summed E-state index contributed by atoms with van der Waals surface area (Å²) >= 11 is 6.37. The zero-order valence-corrected chi connectivity index (χ0v) is 44.2. The van der Waals surface area contributed by atoms with Gasteiger partial charge in [0, 0.05) is 73.6 Å². The van der Waals surface area contributed by atoms with Gasteiger partial charge in [-0.25, -0.2) is 0 Å². The molecule has 3 aromatic rings. The van der Waals surface area contributed by atoms with Crippen molar-refractivity contribution >= 4 is 81.7 Å². The van der Waals surface area contributed by atoms with Crippen LogP contribution in [-0.2, 0) is 51.2 Å². The number of halogens is 1. The number of unbranched alkanes of at least 4 members (excludes halogenated alkanes) is 1. The maximum Gasteiger partial charge on any atom is 0.243 e. The molecule has 77 heavy (non-hydrogen) atoms. The van der Waals surface area contributed by atoms with Crippen LogP contribution < -0.4 is 76.1 Å². The molecule has 0 spiro atoms. The molecule has 1 aliphatic rings. The fourth-order valence-corrected chi connectivity index (χ4v) is 8.81. The number of nitrogens with one attached hydrogen (secondary N) is 13. The van der Waals surface area contributed by atoms with Crippen LogP contribution >= 0.6 is 11.6 Å². The SMILES string of the molecule is C=C(N)[C@@H]1CCCNC(=O)CC[C@H](NC(=O)[C@H](CCCNC(=N)N)NC(C)=O)C(=O)N[C@@H](CCCCN)C(=O)N[C@H](Cc2cccc(Cl)c2)C(=O)N[C@@H](CCCNC(=N)N)C(=O)N[C@@H](Cc2c[nH]c3ccccc23)C(=O)N1. The van der Waals surface area contributed by atoms with Gasteiger partial charge in [0.25, 0.3) is 0 Å². The molecule has 0 aliphatic carbocycles. The highest BCUT2D eigenvalue weighted by atomic mass is 35.5. The summed E-state index contributed by atoms with van der Waals surface area (Å²) < 4.78 is 0. The highest BCUT2D eigenvalue weighted by Crippen LogP contribution is 2.20. The topological polar surface area (TPSA) is 424 Å². The van der Waals surface area contributed by atoms with Gasteiger partial charge in [-0.1, -0.05) is 48.5 Å². The van der Waals surface area contributed by atoms with Gasteiger partial charge in [-0.15, -0.1) is 0 Å². The Morgan fingerprint density at radius 1 is 0.753 bits per heavy atom. The number of guanidine groups is 2. The fourth-order valence-electron chi connectivity index (χ4n) is 8.59. The average molecular weight is 1090 g/mol. The summed E-state index contributed by atoms with van der Waals surface area (Å²) in [6, 6.07) is 5.21. The third-order valence-corrected chi connectivity index (χ3v) is 12.9. The van der Waals surface area contributed by atoms with Crippen LogP contribution in [0.4, 0.5) is 0 Å². The summed E-state index contributed by atoms with van der Waals surface area (Å²) in [6.45, 7) is 5.76. The van der Waals surface area contributed by atoms with Crippen LogP contribution in [0.5, 0.6) is 0 Å². The number of para-hydroxylation sites is 1. The van der Waals surface area contributed by atoms with Gasteiger partial charge in [-0.3, -0.25) is 49.2 Å². The van der Waals surface area contributed by atoms with E-state index >= 15 is 0 Å². The van der Waals surface area contributed by atoms with Gasteiger partial charge in [-0.05, 0) is 100 Å². The Hall–Kier alpha value is -7.93. The Morgan fingerprint density at radius 3 is 2.01 bits per heavy atom. The minimum Gasteiger partial charge on any atom is -0.401 e. The van der Waals surface area contributed by atoms with E-state index in [0.717, 1.165) is 10.9 Å². The summed E-state index contributed by atoms with van der Waals surface area (Å²) in [5.41, 5.74) is 25.1. The van der Waals surface area contributed by atoms with Crippen LogP contribution in [0.3, 0.4) is 0 Å². The van der Waals surface area contributed by atoms with E-state index < -0.39 is 89.6 Å². The zero-order valence-electron chi connectivity index (χ0n) is 43.4. The van der Waals surface area contributed by atoms with Crippen LogP contribution in [0.2, 0.25) is 5.02 Å². The van der Waals surface area contributed by atoms with E-state index in [1.807, 2.05) is 24.3 Å². The zero-order chi connectivity index (χ0) is 56.4. The first-order valence-corrected chi connectivity index (χ1v) is 26.1. The van der Waals surface area contributed by atoms with Crippen molar-refractivity contribution in [1.82, 2.24) is 58.2 Å². The smallest absolute Gasteiger partial charge is 0.243 e.